The van der Waals surface area contributed by atoms with Crippen LogP contribution >= 0.6 is 12.2 Å². The SMILES string of the molecule is O=C(O)c1ccc(/C=N\NC(=S)N/N=C\c2ccc([N+](=O)[O-])cc2)cc1. The Labute approximate surface area is 153 Å². The number of hydrogen-bond acceptors (Lipinski definition) is 6. The molecular weight excluding hydrogens is 358 g/mol. The number of aromatic carboxylic acids is 1. The number of carboxylic acids is 1. The summed E-state index contributed by atoms with van der Waals surface area (Å²) >= 11 is 4.98. The minimum absolute atomic E-state index is 0.00183. The number of hydrazone groups is 2. The zero-order valence-electron chi connectivity index (χ0n) is 13.2. The van der Waals surface area contributed by atoms with Gasteiger partial charge in [0.1, 0.15) is 0 Å². The summed E-state index contributed by atoms with van der Waals surface area (Å²) in [6.07, 6.45) is 2.92. The van der Waals surface area contributed by atoms with E-state index in [2.05, 4.69) is 21.1 Å². The van der Waals surface area contributed by atoms with Crippen LogP contribution in [0.5, 0.6) is 0 Å². The summed E-state index contributed by atoms with van der Waals surface area (Å²) in [5.41, 5.74) is 6.63. The Morgan fingerprint density at radius 1 is 1.00 bits per heavy atom. The Kier molecular flexibility index (Phi) is 6.46. The fourth-order valence-corrected chi connectivity index (χ4v) is 1.86. The lowest BCUT2D eigenvalue weighted by Crippen LogP contribution is -2.28. The van der Waals surface area contributed by atoms with Gasteiger partial charge in [0, 0.05) is 12.1 Å². The quantitative estimate of drug-likeness (QED) is 0.307. The number of nitro groups is 1. The highest BCUT2D eigenvalue weighted by Gasteiger charge is 2.02. The largest absolute Gasteiger partial charge is 0.478 e. The number of hydrogen-bond donors (Lipinski definition) is 3. The molecule has 0 heterocycles. The van der Waals surface area contributed by atoms with Gasteiger partial charge in [-0.15, -0.1) is 0 Å². The second-order valence-corrected chi connectivity index (χ2v) is 5.25. The van der Waals surface area contributed by atoms with E-state index in [4.69, 9.17) is 17.3 Å². The molecule has 0 fully saturated rings. The number of nitro benzene ring substituents is 1. The molecule has 0 amide bonds. The molecule has 10 heteroatoms. The number of thiocarbonyl (C=S) groups is 1. The van der Waals surface area contributed by atoms with Crippen molar-refractivity contribution in [1.29, 1.82) is 0 Å². The summed E-state index contributed by atoms with van der Waals surface area (Å²) in [5, 5.41) is 27.3. The first-order valence-corrected chi connectivity index (χ1v) is 7.56. The Morgan fingerprint density at radius 3 is 1.88 bits per heavy atom. The van der Waals surface area contributed by atoms with Gasteiger partial charge in [0.05, 0.1) is 22.9 Å². The van der Waals surface area contributed by atoms with Crippen molar-refractivity contribution in [3.05, 3.63) is 75.3 Å². The second-order valence-electron chi connectivity index (χ2n) is 4.84. The molecule has 2 rings (SSSR count). The molecule has 0 bridgehead atoms. The lowest BCUT2D eigenvalue weighted by molar-refractivity contribution is -0.384. The minimum Gasteiger partial charge on any atom is -0.478 e. The van der Waals surface area contributed by atoms with Gasteiger partial charge in [-0.05, 0) is 47.6 Å². The third-order valence-electron chi connectivity index (χ3n) is 3.02. The maximum Gasteiger partial charge on any atom is 0.335 e. The molecule has 0 unspecified atom stereocenters. The number of carboxylic acid groups (broad SMARTS) is 1. The highest BCUT2D eigenvalue weighted by atomic mass is 32.1. The first-order valence-electron chi connectivity index (χ1n) is 7.15. The standard InChI is InChI=1S/C16H13N5O4S/c22-15(23)13-5-1-11(2-6-13)9-17-19-16(26)20-18-10-12-3-7-14(8-4-12)21(24)25/h1-10H,(H,22,23)(H2,19,20,26)/b17-9-,18-10-. The third-order valence-corrected chi connectivity index (χ3v) is 3.20. The topological polar surface area (TPSA) is 129 Å². The molecule has 2 aromatic carbocycles. The highest BCUT2D eigenvalue weighted by Crippen LogP contribution is 2.10. The molecule has 9 nitrogen and oxygen atoms in total. The van der Waals surface area contributed by atoms with Crippen LogP contribution in [0.1, 0.15) is 21.5 Å². The van der Waals surface area contributed by atoms with Crippen LogP contribution in [-0.4, -0.2) is 33.5 Å². The summed E-state index contributed by atoms with van der Waals surface area (Å²) in [5.74, 6) is -0.997. The van der Waals surface area contributed by atoms with Crippen molar-refractivity contribution < 1.29 is 14.8 Å². The van der Waals surface area contributed by atoms with Crippen molar-refractivity contribution >= 4 is 41.4 Å². The monoisotopic (exact) mass is 371 g/mol. The van der Waals surface area contributed by atoms with E-state index in [-0.39, 0.29) is 16.4 Å². The maximum atomic E-state index is 10.8. The summed E-state index contributed by atoms with van der Waals surface area (Å²) in [4.78, 5) is 20.8. The van der Waals surface area contributed by atoms with Gasteiger partial charge >= 0.3 is 5.97 Å². The van der Waals surface area contributed by atoms with Crippen molar-refractivity contribution in [2.75, 3.05) is 0 Å². The molecule has 26 heavy (non-hydrogen) atoms. The van der Waals surface area contributed by atoms with Crippen molar-refractivity contribution in [3.8, 4) is 0 Å². The highest BCUT2D eigenvalue weighted by molar-refractivity contribution is 7.80. The van der Waals surface area contributed by atoms with Gasteiger partial charge in [0.25, 0.3) is 5.69 Å². The van der Waals surface area contributed by atoms with Gasteiger partial charge in [-0.2, -0.15) is 10.2 Å². The van der Waals surface area contributed by atoms with E-state index >= 15 is 0 Å². The minimum atomic E-state index is -0.997. The third kappa shape index (κ3) is 5.76. The van der Waals surface area contributed by atoms with Crippen LogP contribution in [0.2, 0.25) is 0 Å². The van der Waals surface area contributed by atoms with Gasteiger partial charge in [-0.1, -0.05) is 12.1 Å². The van der Waals surface area contributed by atoms with E-state index in [1.165, 1.54) is 36.7 Å². The van der Waals surface area contributed by atoms with E-state index in [0.29, 0.717) is 11.1 Å². The van der Waals surface area contributed by atoms with Crippen LogP contribution in [-0.2, 0) is 0 Å². The lowest BCUT2D eigenvalue weighted by Gasteiger charge is -2.01. The van der Waals surface area contributed by atoms with Crippen LogP contribution in [0.3, 0.4) is 0 Å². The molecule has 0 atom stereocenters. The van der Waals surface area contributed by atoms with Crippen molar-refractivity contribution in [2.24, 2.45) is 10.2 Å². The average molecular weight is 371 g/mol. The Bertz CT molecular complexity index is 792. The molecule has 0 spiro atoms. The van der Waals surface area contributed by atoms with E-state index in [1.54, 1.807) is 24.3 Å². The molecule has 3 N–H and O–H groups in total. The number of nitrogens with zero attached hydrogens (tertiary/aromatic N) is 3. The second kappa shape index (κ2) is 8.99. The molecule has 0 aliphatic carbocycles. The van der Waals surface area contributed by atoms with Crippen molar-refractivity contribution in [3.63, 3.8) is 0 Å². The Hall–Kier alpha value is -3.66. The number of carbonyl (C=O) groups is 1. The first kappa shape index (κ1) is 18.7. The summed E-state index contributed by atoms with van der Waals surface area (Å²) in [6, 6.07) is 12.0. The van der Waals surface area contributed by atoms with Crippen molar-refractivity contribution in [2.45, 2.75) is 0 Å². The fourth-order valence-electron chi connectivity index (χ4n) is 1.75. The smallest absolute Gasteiger partial charge is 0.335 e. The fraction of sp³-hybridized carbons (Fsp3) is 0. The zero-order chi connectivity index (χ0) is 18.9. The number of benzene rings is 2. The van der Waals surface area contributed by atoms with Gasteiger partial charge < -0.3 is 5.11 Å². The Balaban J connectivity index is 1.81. The summed E-state index contributed by atoms with van der Waals surface area (Å²) in [6.45, 7) is 0. The normalized spacial score (nSPS) is 10.8. The molecule has 2 aromatic rings. The van der Waals surface area contributed by atoms with Crippen molar-refractivity contribution in [1.82, 2.24) is 10.9 Å². The molecule has 0 saturated heterocycles. The van der Waals surface area contributed by atoms with Crippen LogP contribution in [0, 0.1) is 10.1 Å². The molecule has 0 aromatic heterocycles. The maximum absolute atomic E-state index is 10.8. The predicted molar refractivity (Wildman–Crippen MR) is 101 cm³/mol. The first-order chi connectivity index (χ1) is 12.5. The molecule has 0 radical (unpaired) electrons. The molecular formula is C16H13N5O4S. The van der Waals surface area contributed by atoms with E-state index in [0.717, 1.165) is 0 Å². The van der Waals surface area contributed by atoms with Crippen LogP contribution in [0.4, 0.5) is 5.69 Å². The van der Waals surface area contributed by atoms with Gasteiger partial charge in [0.2, 0.25) is 5.11 Å². The van der Waals surface area contributed by atoms with E-state index < -0.39 is 10.9 Å². The van der Waals surface area contributed by atoms with Gasteiger partial charge in [-0.25, -0.2) is 4.79 Å². The summed E-state index contributed by atoms with van der Waals surface area (Å²) in [7, 11) is 0. The van der Waals surface area contributed by atoms with E-state index in [9.17, 15) is 14.9 Å². The van der Waals surface area contributed by atoms with Crippen LogP contribution < -0.4 is 10.9 Å². The summed E-state index contributed by atoms with van der Waals surface area (Å²) < 4.78 is 0. The molecule has 132 valence electrons. The van der Waals surface area contributed by atoms with Gasteiger partial charge in [0.15, 0.2) is 0 Å². The number of nitrogens with one attached hydrogen (secondary N) is 2. The lowest BCUT2D eigenvalue weighted by atomic mass is 10.1. The van der Waals surface area contributed by atoms with Crippen LogP contribution in [0.15, 0.2) is 58.7 Å². The van der Waals surface area contributed by atoms with Crippen LogP contribution in [0.25, 0.3) is 0 Å². The van der Waals surface area contributed by atoms with E-state index in [1.807, 2.05) is 0 Å². The molecule has 0 saturated carbocycles. The number of non-ortho nitro benzene ring substituents is 1. The molecule has 0 aliphatic rings. The zero-order valence-corrected chi connectivity index (χ0v) is 14.0. The predicted octanol–water partition coefficient (Wildman–Crippen LogP) is 2.13. The van der Waals surface area contributed by atoms with Gasteiger partial charge in [-0.3, -0.25) is 21.0 Å². The Morgan fingerprint density at radius 2 is 1.46 bits per heavy atom. The molecule has 0 aliphatic heterocycles. The number of rotatable bonds is 6. The average Bonchev–Trinajstić information content (AvgIpc) is 2.62.